The third-order valence-electron chi connectivity index (χ3n) is 2.66. The number of sulfone groups is 1. The molecule has 16 heavy (non-hydrogen) atoms. The van der Waals surface area contributed by atoms with Crippen LogP contribution in [0.2, 0.25) is 0 Å². The first-order chi connectivity index (χ1) is 7.66. The third-order valence-corrected chi connectivity index (χ3v) is 4.50. The molecule has 88 valence electrons. The molecule has 1 aromatic rings. The van der Waals surface area contributed by atoms with Gasteiger partial charge in [0.2, 0.25) is 0 Å². The summed E-state index contributed by atoms with van der Waals surface area (Å²) in [6.07, 6.45) is 4.17. The Morgan fingerprint density at radius 2 is 2.12 bits per heavy atom. The van der Waals surface area contributed by atoms with Crippen molar-refractivity contribution in [3.8, 4) is 0 Å². The molecule has 1 saturated heterocycles. The maximum absolute atomic E-state index is 11.2. The minimum Gasteiger partial charge on any atom is -0.310 e. The molecule has 1 aliphatic heterocycles. The van der Waals surface area contributed by atoms with Crippen LogP contribution >= 0.6 is 0 Å². The highest BCUT2D eigenvalue weighted by Gasteiger charge is 2.27. The first-order valence-electron chi connectivity index (χ1n) is 5.33. The molecule has 6 heteroatoms. The molecule has 2 rings (SSSR count). The van der Waals surface area contributed by atoms with Crippen molar-refractivity contribution in [3.05, 3.63) is 24.3 Å². The highest BCUT2D eigenvalue weighted by atomic mass is 32.2. The van der Waals surface area contributed by atoms with E-state index in [1.165, 1.54) is 0 Å². The second-order valence-electron chi connectivity index (χ2n) is 4.06. The van der Waals surface area contributed by atoms with Gasteiger partial charge in [-0.2, -0.15) is 0 Å². The lowest BCUT2D eigenvalue weighted by Gasteiger charge is -2.08. The summed E-state index contributed by atoms with van der Waals surface area (Å²) >= 11 is 0. The van der Waals surface area contributed by atoms with E-state index in [1.54, 1.807) is 18.5 Å². The van der Waals surface area contributed by atoms with E-state index in [2.05, 4.69) is 15.3 Å². The van der Waals surface area contributed by atoms with Gasteiger partial charge in [-0.1, -0.05) is 0 Å². The van der Waals surface area contributed by atoms with Crippen molar-refractivity contribution in [2.45, 2.75) is 13.0 Å². The summed E-state index contributed by atoms with van der Waals surface area (Å²) in [5.74, 6) is 1.63. The molecule has 1 aliphatic rings. The van der Waals surface area contributed by atoms with Crippen molar-refractivity contribution in [2.75, 3.05) is 18.1 Å². The molecule has 1 atom stereocenters. The van der Waals surface area contributed by atoms with Gasteiger partial charge < -0.3 is 5.32 Å². The van der Waals surface area contributed by atoms with Gasteiger partial charge in [0.15, 0.2) is 9.84 Å². The molecular weight excluding hydrogens is 226 g/mol. The highest BCUT2D eigenvalue weighted by Crippen LogP contribution is 2.17. The molecule has 0 aromatic carbocycles. The highest BCUT2D eigenvalue weighted by molar-refractivity contribution is 7.91. The van der Waals surface area contributed by atoms with Crippen molar-refractivity contribution < 1.29 is 8.42 Å². The Labute approximate surface area is 95.2 Å². The minimum absolute atomic E-state index is 0.244. The Morgan fingerprint density at radius 3 is 2.75 bits per heavy atom. The van der Waals surface area contributed by atoms with Crippen LogP contribution in [0.3, 0.4) is 0 Å². The Kier molecular flexibility index (Phi) is 3.50. The van der Waals surface area contributed by atoms with Crippen LogP contribution in [0.15, 0.2) is 18.5 Å². The van der Waals surface area contributed by atoms with E-state index in [4.69, 9.17) is 0 Å². The molecule has 0 bridgehead atoms. The van der Waals surface area contributed by atoms with E-state index in [0.29, 0.717) is 18.1 Å². The summed E-state index contributed by atoms with van der Waals surface area (Å²) in [7, 11) is -2.76. The molecule has 0 saturated carbocycles. The largest absolute Gasteiger partial charge is 0.310 e. The summed E-state index contributed by atoms with van der Waals surface area (Å²) in [6.45, 7) is 1.31. The lowest BCUT2D eigenvalue weighted by molar-refractivity contribution is 0.514. The normalized spacial score (nSPS) is 23.4. The molecule has 0 radical (unpaired) electrons. The topological polar surface area (TPSA) is 72.0 Å². The van der Waals surface area contributed by atoms with Crippen molar-refractivity contribution in [2.24, 2.45) is 5.92 Å². The van der Waals surface area contributed by atoms with Gasteiger partial charge in [0.05, 0.1) is 18.1 Å². The zero-order chi connectivity index (χ0) is 11.4. The Balaban J connectivity index is 1.74. The van der Waals surface area contributed by atoms with Crippen LogP contribution in [0.25, 0.3) is 0 Å². The molecule has 1 aromatic heterocycles. The van der Waals surface area contributed by atoms with E-state index in [1.807, 2.05) is 0 Å². The van der Waals surface area contributed by atoms with Crippen LogP contribution in [-0.4, -0.2) is 36.4 Å². The Bertz CT molecular complexity index is 433. The van der Waals surface area contributed by atoms with Gasteiger partial charge in [-0.3, -0.25) is 0 Å². The summed E-state index contributed by atoms with van der Waals surface area (Å²) in [5.41, 5.74) is 0. The van der Waals surface area contributed by atoms with Crippen LogP contribution in [0.1, 0.15) is 12.2 Å². The number of rotatable bonds is 4. The molecule has 0 spiro atoms. The molecule has 0 amide bonds. The number of nitrogens with zero attached hydrogens (tertiary/aromatic N) is 2. The van der Waals surface area contributed by atoms with Gasteiger partial charge in [0.1, 0.15) is 5.82 Å². The fourth-order valence-electron chi connectivity index (χ4n) is 1.84. The van der Waals surface area contributed by atoms with Crippen molar-refractivity contribution in [3.63, 3.8) is 0 Å². The molecule has 1 N–H and O–H groups in total. The molecular formula is C10H15N3O2S. The Morgan fingerprint density at radius 1 is 1.38 bits per heavy atom. The monoisotopic (exact) mass is 241 g/mol. The van der Waals surface area contributed by atoms with Crippen molar-refractivity contribution in [1.29, 1.82) is 0 Å². The first-order valence-corrected chi connectivity index (χ1v) is 7.15. The van der Waals surface area contributed by atoms with E-state index in [-0.39, 0.29) is 5.92 Å². The predicted molar refractivity (Wildman–Crippen MR) is 60.5 cm³/mol. The number of hydrogen-bond donors (Lipinski definition) is 1. The van der Waals surface area contributed by atoms with Gasteiger partial charge >= 0.3 is 0 Å². The van der Waals surface area contributed by atoms with Crippen molar-refractivity contribution >= 4 is 9.84 Å². The van der Waals surface area contributed by atoms with E-state index in [9.17, 15) is 8.42 Å². The SMILES string of the molecule is O=S1(=O)CCC(CNCc2ncccn2)C1. The summed E-state index contributed by atoms with van der Waals surface area (Å²) < 4.78 is 22.4. The first kappa shape index (κ1) is 11.5. The predicted octanol–water partition coefficient (Wildman–Crippen LogP) is 0.000900. The fraction of sp³-hybridized carbons (Fsp3) is 0.600. The summed E-state index contributed by atoms with van der Waals surface area (Å²) in [5, 5.41) is 3.19. The van der Waals surface area contributed by atoms with Crippen LogP contribution < -0.4 is 5.32 Å². The van der Waals surface area contributed by atoms with Gasteiger partial charge in [-0.25, -0.2) is 18.4 Å². The quantitative estimate of drug-likeness (QED) is 0.803. The minimum atomic E-state index is -2.76. The second-order valence-corrected chi connectivity index (χ2v) is 6.29. The smallest absolute Gasteiger partial charge is 0.150 e. The maximum atomic E-state index is 11.2. The average Bonchev–Trinajstić information content (AvgIpc) is 2.60. The second kappa shape index (κ2) is 4.88. The number of nitrogens with one attached hydrogen (secondary N) is 1. The Hall–Kier alpha value is -1.01. The number of aromatic nitrogens is 2. The average molecular weight is 241 g/mol. The fourth-order valence-corrected chi connectivity index (χ4v) is 3.70. The van der Waals surface area contributed by atoms with Crippen LogP contribution in [0, 0.1) is 5.92 Å². The zero-order valence-electron chi connectivity index (χ0n) is 8.96. The summed E-state index contributed by atoms with van der Waals surface area (Å²) in [4.78, 5) is 8.16. The van der Waals surface area contributed by atoms with Crippen LogP contribution in [0.5, 0.6) is 0 Å². The molecule has 5 nitrogen and oxygen atoms in total. The zero-order valence-corrected chi connectivity index (χ0v) is 9.78. The van der Waals surface area contributed by atoms with Gasteiger partial charge in [0.25, 0.3) is 0 Å². The molecule has 1 fully saturated rings. The number of hydrogen-bond acceptors (Lipinski definition) is 5. The molecule has 2 heterocycles. The lowest BCUT2D eigenvalue weighted by atomic mass is 10.1. The van der Waals surface area contributed by atoms with Crippen LogP contribution in [-0.2, 0) is 16.4 Å². The van der Waals surface area contributed by atoms with E-state index in [0.717, 1.165) is 18.8 Å². The standard InChI is InChI=1S/C10H15N3O2S/c14-16(15)5-2-9(8-16)6-11-7-10-12-3-1-4-13-10/h1,3-4,9,11H,2,5-8H2. The lowest BCUT2D eigenvalue weighted by Crippen LogP contribution is -2.24. The molecule has 1 unspecified atom stereocenters. The van der Waals surface area contributed by atoms with Crippen LogP contribution in [0.4, 0.5) is 0 Å². The summed E-state index contributed by atoms with van der Waals surface area (Å²) in [6, 6.07) is 1.77. The van der Waals surface area contributed by atoms with Crippen molar-refractivity contribution in [1.82, 2.24) is 15.3 Å². The van der Waals surface area contributed by atoms with E-state index < -0.39 is 9.84 Å². The maximum Gasteiger partial charge on any atom is 0.150 e. The van der Waals surface area contributed by atoms with E-state index >= 15 is 0 Å². The van der Waals surface area contributed by atoms with Gasteiger partial charge in [0, 0.05) is 12.4 Å². The van der Waals surface area contributed by atoms with Gasteiger partial charge in [-0.05, 0) is 24.9 Å². The third kappa shape index (κ3) is 3.24. The molecule has 0 aliphatic carbocycles. The van der Waals surface area contributed by atoms with Gasteiger partial charge in [-0.15, -0.1) is 0 Å².